The Labute approximate surface area is 233 Å². The number of aryl methyl sites for hydroxylation is 2. The average Bonchev–Trinajstić information content (AvgIpc) is 3.39. The van der Waals surface area contributed by atoms with Crippen LogP contribution in [0, 0.1) is 42.2 Å². The Morgan fingerprint density at radius 1 is 1.12 bits per heavy atom. The first-order chi connectivity index (χ1) is 18.9. The van der Waals surface area contributed by atoms with Crippen molar-refractivity contribution in [3.8, 4) is 6.07 Å². The zero-order valence-corrected chi connectivity index (χ0v) is 23.4. The number of amides is 2. The summed E-state index contributed by atoms with van der Waals surface area (Å²) < 4.78 is 28.0. The van der Waals surface area contributed by atoms with Crippen LogP contribution in [-0.2, 0) is 15.0 Å². The van der Waals surface area contributed by atoms with Crippen LogP contribution in [0.5, 0.6) is 0 Å². The maximum Gasteiger partial charge on any atom is 0.237 e. The molecule has 2 amide bonds. The highest BCUT2D eigenvalue weighted by Crippen LogP contribution is 2.54. The molecular weight excluding hydrogens is 510 g/mol. The Bertz CT molecular complexity index is 1490. The number of hydrogen-bond donors (Lipinski definition) is 3. The number of nitriles is 1. The minimum absolute atomic E-state index is 0.0155. The van der Waals surface area contributed by atoms with Crippen LogP contribution < -0.4 is 16.0 Å². The molecule has 0 bridgehead atoms. The summed E-state index contributed by atoms with van der Waals surface area (Å²) in [4.78, 5) is 23.5. The van der Waals surface area contributed by atoms with Crippen LogP contribution in [0.3, 0.4) is 0 Å². The maximum absolute atomic E-state index is 15.2. The molecule has 3 aromatic rings. The second-order valence-corrected chi connectivity index (χ2v) is 11.7. The Kier molecular flexibility index (Phi) is 8.08. The second-order valence-electron chi connectivity index (χ2n) is 11.7. The summed E-state index contributed by atoms with van der Waals surface area (Å²) >= 11 is 0. The molecule has 1 fully saturated rings. The minimum atomic E-state index is -0.801. The summed E-state index contributed by atoms with van der Waals surface area (Å²) in [6.45, 7) is 11.0. The first kappa shape index (κ1) is 28.9. The van der Waals surface area contributed by atoms with Gasteiger partial charge >= 0.3 is 0 Å². The normalized spacial score (nSPS) is 21.2. The van der Waals surface area contributed by atoms with Gasteiger partial charge in [0.1, 0.15) is 11.6 Å². The van der Waals surface area contributed by atoms with E-state index in [1.165, 1.54) is 12.1 Å². The van der Waals surface area contributed by atoms with Gasteiger partial charge in [-0.05, 0) is 72.2 Å². The van der Waals surface area contributed by atoms with E-state index in [9.17, 15) is 14.0 Å². The Hall–Kier alpha value is -4.09. The number of carbonyl (C=O) groups is 2. The fourth-order valence-corrected chi connectivity index (χ4v) is 5.89. The van der Waals surface area contributed by atoms with Gasteiger partial charge in [-0.15, -0.1) is 0 Å². The van der Waals surface area contributed by atoms with Crippen LogP contribution in [-0.4, -0.2) is 24.9 Å². The highest BCUT2D eigenvalue weighted by atomic mass is 19.1. The molecule has 3 N–H and O–H groups in total. The van der Waals surface area contributed by atoms with Crippen molar-refractivity contribution >= 4 is 23.7 Å². The van der Waals surface area contributed by atoms with E-state index in [4.69, 9.17) is 5.26 Å². The zero-order valence-electron chi connectivity index (χ0n) is 23.4. The topological polar surface area (TPSA) is 94.0 Å². The Morgan fingerprint density at radius 2 is 1.88 bits per heavy atom. The van der Waals surface area contributed by atoms with Gasteiger partial charge in [0.05, 0.1) is 22.7 Å². The number of hydrogen-bond acceptors (Lipinski definition) is 4. The molecule has 40 heavy (non-hydrogen) atoms. The van der Waals surface area contributed by atoms with Crippen molar-refractivity contribution in [3.63, 3.8) is 0 Å². The summed E-state index contributed by atoms with van der Waals surface area (Å²) in [5.41, 5.74) is 3.75. The highest BCUT2D eigenvalue weighted by Gasteiger charge is 2.61. The number of halogens is 2. The third-order valence-corrected chi connectivity index (χ3v) is 7.64. The lowest BCUT2D eigenvalue weighted by molar-refractivity contribution is -0.122. The molecule has 1 spiro atoms. The lowest BCUT2D eigenvalue weighted by Gasteiger charge is -2.37. The first-order valence-corrected chi connectivity index (χ1v) is 13.2. The SMILES string of the molecule is Cc1ccc2c(c1)NC(=O)[C@@]21C(CC(C)(C)C)NCC1c1cccc(C)c1F.N#Cc1ccc(NC=O)c(F)c1. The molecule has 2 aliphatic heterocycles. The highest BCUT2D eigenvalue weighted by molar-refractivity contribution is 6.08. The largest absolute Gasteiger partial charge is 0.326 e. The Morgan fingerprint density at radius 3 is 2.52 bits per heavy atom. The monoisotopic (exact) mass is 544 g/mol. The number of nitrogens with zero attached hydrogens (tertiary/aromatic N) is 1. The van der Waals surface area contributed by atoms with E-state index in [2.05, 4.69) is 48.9 Å². The number of rotatable bonds is 4. The van der Waals surface area contributed by atoms with Crippen LogP contribution in [0.1, 0.15) is 60.9 Å². The number of fused-ring (bicyclic) bond motifs is 2. The standard InChI is InChI=1S/C24H29FN2O.C8H5FN2O/c1-14-9-10-17-19(11-14)27-22(28)24(17)18(13-26-20(24)12-23(3,4)5)16-8-6-7-15(2)21(16)25;9-7-3-6(4-10)1-2-8(7)11-5-12/h6-11,18,20,26H,12-13H2,1-5H3,(H,27,28);1-3,5H,(H,11,12)/t18?,20?,24-;/m0./s1. The molecule has 6 nitrogen and oxygen atoms in total. The molecular formula is C32H34F2N4O2. The molecule has 0 aromatic heterocycles. The van der Waals surface area contributed by atoms with Crippen molar-refractivity contribution in [2.75, 3.05) is 17.2 Å². The lowest BCUT2D eigenvalue weighted by atomic mass is 9.63. The van der Waals surface area contributed by atoms with Gasteiger partial charge < -0.3 is 16.0 Å². The first-order valence-electron chi connectivity index (χ1n) is 13.2. The van der Waals surface area contributed by atoms with E-state index < -0.39 is 11.2 Å². The summed E-state index contributed by atoms with van der Waals surface area (Å²) in [6, 6.07) is 17.2. The fourth-order valence-electron chi connectivity index (χ4n) is 5.89. The van der Waals surface area contributed by atoms with E-state index in [-0.39, 0.29) is 40.3 Å². The van der Waals surface area contributed by atoms with Gasteiger partial charge in [-0.3, -0.25) is 9.59 Å². The van der Waals surface area contributed by atoms with Crippen LogP contribution in [0.4, 0.5) is 20.2 Å². The summed E-state index contributed by atoms with van der Waals surface area (Å²) in [6.07, 6.45) is 1.21. The van der Waals surface area contributed by atoms with E-state index in [1.807, 2.05) is 25.1 Å². The molecule has 2 heterocycles. The summed E-state index contributed by atoms with van der Waals surface area (Å²) in [7, 11) is 0. The molecule has 5 rings (SSSR count). The van der Waals surface area contributed by atoms with Crippen molar-refractivity contribution in [1.29, 1.82) is 5.26 Å². The molecule has 1 saturated heterocycles. The predicted molar refractivity (Wildman–Crippen MR) is 152 cm³/mol. The molecule has 0 saturated carbocycles. The molecule has 2 unspecified atom stereocenters. The van der Waals surface area contributed by atoms with Crippen LogP contribution in [0.25, 0.3) is 0 Å². The number of carbonyl (C=O) groups excluding carboxylic acids is 2. The second kappa shape index (κ2) is 11.2. The zero-order chi connectivity index (χ0) is 29.2. The van der Waals surface area contributed by atoms with Gasteiger partial charge in [0, 0.05) is 24.2 Å². The molecule has 0 radical (unpaired) electrons. The number of benzene rings is 3. The summed E-state index contributed by atoms with van der Waals surface area (Å²) in [5, 5.41) is 17.3. The molecule has 3 atom stereocenters. The third kappa shape index (κ3) is 5.34. The van der Waals surface area contributed by atoms with Crippen LogP contribution in [0.2, 0.25) is 0 Å². The van der Waals surface area contributed by atoms with Gasteiger partial charge in [-0.2, -0.15) is 5.26 Å². The van der Waals surface area contributed by atoms with E-state index in [1.54, 1.807) is 19.1 Å². The number of nitrogens with one attached hydrogen (secondary N) is 3. The van der Waals surface area contributed by atoms with Gasteiger partial charge in [0.25, 0.3) is 0 Å². The lowest BCUT2D eigenvalue weighted by Crippen LogP contribution is -2.49. The molecule has 2 aliphatic rings. The smallest absolute Gasteiger partial charge is 0.237 e. The van der Waals surface area contributed by atoms with Crippen molar-refractivity contribution in [3.05, 3.63) is 94.0 Å². The van der Waals surface area contributed by atoms with Crippen molar-refractivity contribution < 1.29 is 18.4 Å². The molecule has 8 heteroatoms. The fraction of sp³-hybridized carbons (Fsp3) is 0.344. The van der Waals surface area contributed by atoms with Crippen LogP contribution in [0.15, 0.2) is 54.6 Å². The molecule has 0 aliphatic carbocycles. The average molecular weight is 545 g/mol. The number of anilines is 2. The van der Waals surface area contributed by atoms with Gasteiger partial charge in [-0.25, -0.2) is 8.78 Å². The van der Waals surface area contributed by atoms with Crippen LogP contribution >= 0.6 is 0 Å². The Balaban J connectivity index is 0.000000259. The van der Waals surface area contributed by atoms with Crippen molar-refractivity contribution in [1.82, 2.24) is 5.32 Å². The predicted octanol–water partition coefficient (Wildman–Crippen LogP) is 6.09. The molecule has 208 valence electrons. The third-order valence-electron chi connectivity index (χ3n) is 7.64. The maximum atomic E-state index is 15.2. The van der Waals surface area contributed by atoms with Crippen molar-refractivity contribution in [2.24, 2.45) is 5.41 Å². The van der Waals surface area contributed by atoms with Crippen molar-refractivity contribution in [2.45, 2.75) is 58.4 Å². The molecule has 3 aromatic carbocycles. The minimum Gasteiger partial charge on any atom is -0.326 e. The van der Waals surface area contributed by atoms with E-state index in [0.29, 0.717) is 24.1 Å². The van der Waals surface area contributed by atoms with Gasteiger partial charge in [-0.1, -0.05) is 51.1 Å². The quantitative estimate of drug-likeness (QED) is 0.347. The summed E-state index contributed by atoms with van der Waals surface area (Å²) in [5.74, 6) is -1.07. The van der Waals surface area contributed by atoms with E-state index in [0.717, 1.165) is 29.3 Å². The van der Waals surface area contributed by atoms with E-state index >= 15 is 4.39 Å². The van der Waals surface area contributed by atoms with Gasteiger partial charge in [0.15, 0.2) is 0 Å². The van der Waals surface area contributed by atoms with Gasteiger partial charge in [0.2, 0.25) is 12.3 Å².